The average Bonchev–Trinajstić information content (AvgIpc) is 2.77. The van der Waals surface area contributed by atoms with Crippen molar-refractivity contribution in [3.05, 3.63) is 51.8 Å². The van der Waals surface area contributed by atoms with E-state index in [0.29, 0.717) is 0 Å². The smallest absolute Gasteiger partial charge is 0.193 e. The van der Waals surface area contributed by atoms with Crippen LogP contribution in [-0.4, -0.2) is 41.3 Å². The highest BCUT2D eigenvalue weighted by Gasteiger charge is 2.11. The third kappa shape index (κ3) is 4.51. The fourth-order valence-electron chi connectivity index (χ4n) is 2.85. The molecule has 0 saturated carbocycles. The van der Waals surface area contributed by atoms with Gasteiger partial charge in [0.05, 0.1) is 5.69 Å². The molecule has 1 aromatic carbocycles. The van der Waals surface area contributed by atoms with Gasteiger partial charge >= 0.3 is 0 Å². The summed E-state index contributed by atoms with van der Waals surface area (Å²) in [5, 5.41) is 8.64. The molecule has 0 amide bonds. The predicted octanol–water partition coefficient (Wildman–Crippen LogP) is 2.94. The van der Waals surface area contributed by atoms with Crippen LogP contribution in [0.2, 0.25) is 5.02 Å². The lowest BCUT2D eigenvalue weighted by Crippen LogP contribution is -2.39. The van der Waals surface area contributed by atoms with Crippen molar-refractivity contribution in [3.8, 4) is 0 Å². The van der Waals surface area contributed by atoms with Crippen LogP contribution in [0.5, 0.6) is 0 Å². The molecule has 0 fully saturated rings. The van der Waals surface area contributed by atoms with Crippen molar-refractivity contribution in [1.82, 2.24) is 20.0 Å². The van der Waals surface area contributed by atoms with Crippen molar-refractivity contribution in [3.63, 3.8) is 0 Å². The number of benzene rings is 1. The lowest BCUT2D eigenvalue weighted by Gasteiger charge is -2.22. The Morgan fingerprint density at radius 3 is 2.71 bits per heavy atom. The summed E-state index contributed by atoms with van der Waals surface area (Å²) in [4.78, 5) is 6.46. The summed E-state index contributed by atoms with van der Waals surface area (Å²) in [7, 11) is 5.81. The zero-order valence-electron chi connectivity index (χ0n) is 15.1. The standard InChI is InChI=1S/C18H26ClN5/c1-13-17(14(2)24(5)22-13)9-10-21-18(20-3)23(4)12-15-7-6-8-16(19)11-15/h6-8,11H,9-10,12H2,1-5H3,(H,20,21). The van der Waals surface area contributed by atoms with Crippen molar-refractivity contribution in [2.24, 2.45) is 12.0 Å². The molecule has 1 heterocycles. The van der Waals surface area contributed by atoms with E-state index in [0.717, 1.165) is 41.7 Å². The van der Waals surface area contributed by atoms with Gasteiger partial charge in [-0.05, 0) is 43.5 Å². The molecule has 1 aromatic heterocycles. The first-order chi connectivity index (χ1) is 11.4. The Bertz CT molecular complexity index is 720. The second-order valence-electron chi connectivity index (χ2n) is 5.98. The second-order valence-corrected chi connectivity index (χ2v) is 6.42. The lowest BCUT2D eigenvalue weighted by molar-refractivity contribution is 0.477. The van der Waals surface area contributed by atoms with E-state index < -0.39 is 0 Å². The van der Waals surface area contributed by atoms with E-state index in [1.165, 1.54) is 11.3 Å². The summed E-state index contributed by atoms with van der Waals surface area (Å²) in [6, 6.07) is 7.90. The normalized spacial score (nSPS) is 11.7. The summed E-state index contributed by atoms with van der Waals surface area (Å²) >= 11 is 6.05. The minimum absolute atomic E-state index is 0.755. The molecular formula is C18H26ClN5. The summed E-state index contributed by atoms with van der Waals surface area (Å²) < 4.78 is 1.94. The SMILES string of the molecule is CN=C(NCCc1c(C)nn(C)c1C)N(C)Cc1cccc(Cl)c1. The minimum Gasteiger partial charge on any atom is -0.356 e. The molecule has 0 saturated heterocycles. The molecule has 0 atom stereocenters. The Labute approximate surface area is 149 Å². The van der Waals surface area contributed by atoms with Crippen LogP contribution in [0, 0.1) is 13.8 Å². The van der Waals surface area contributed by atoms with Gasteiger partial charge in [0.15, 0.2) is 5.96 Å². The van der Waals surface area contributed by atoms with Crippen LogP contribution in [0.25, 0.3) is 0 Å². The summed E-state index contributed by atoms with van der Waals surface area (Å²) in [5.74, 6) is 0.870. The molecule has 5 nitrogen and oxygen atoms in total. The second kappa shape index (κ2) is 8.20. The van der Waals surface area contributed by atoms with E-state index in [4.69, 9.17) is 11.6 Å². The van der Waals surface area contributed by atoms with Crippen molar-refractivity contribution in [2.75, 3.05) is 20.6 Å². The highest BCUT2D eigenvalue weighted by Crippen LogP contribution is 2.13. The lowest BCUT2D eigenvalue weighted by atomic mass is 10.1. The molecule has 0 unspecified atom stereocenters. The Morgan fingerprint density at radius 1 is 1.38 bits per heavy atom. The molecule has 6 heteroatoms. The average molecular weight is 348 g/mol. The van der Waals surface area contributed by atoms with Gasteiger partial charge in [0, 0.05) is 44.9 Å². The quantitative estimate of drug-likeness (QED) is 0.668. The maximum Gasteiger partial charge on any atom is 0.193 e. The zero-order valence-corrected chi connectivity index (χ0v) is 15.9. The van der Waals surface area contributed by atoms with E-state index >= 15 is 0 Å². The van der Waals surface area contributed by atoms with E-state index in [-0.39, 0.29) is 0 Å². The first-order valence-corrected chi connectivity index (χ1v) is 8.45. The number of aliphatic imine (C=N–C) groups is 1. The zero-order chi connectivity index (χ0) is 17.7. The fraction of sp³-hybridized carbons (Fsp3) is 0.444. The van der Waals surface area contributed by atoms with Gasteiger partial charge in [-0.25, -0.2) is 0 Å². The Morgan fingerprint density at radius 2 is 2.12 bits per heavy atom. The van der Waals surface area contributed by atoms with Crippen LogP contribution >= 0.6 is 11.6 Å². The fourth-order valence-corrected chi connectivity index (χ4v) is 3.06. The minimum atomic E-state index is 0.755. The van der Waals surface area contributed by atoms with Gasteiger partial charge < -0.3 is 10.2 Å². The molecular weight excluding hydrogens is 322 g/mol. The van der Waals surface area contributed by atoms with Gasteiger partial charge in [0.2, 0.25) is 0 Å². The Kier molecular flexibility index (Phi) is 6.26. The topological polar surface area (TPSA) is 45.5 Å². The van der Waals surface area contributed by atoms with E-state index in [1.807, 2.05) is 37.0 Å². The monoisotopic (exact) mass is 347 g/mol. The number of rotatable bonds is 5. The van der Waals surface area contributed by atoms with Crippen LogP contribution in [0.15, 0.2) is 29.3 Å². The molecule has 0 aliphatic carbocycles. The summed E-state index contributed by atoms with van der Waals surface area (Å²) in [6.07, 6.45) is 0.926. The Balaban J connectivity index is 1.92. The highest BCUT2D eigenvalue weighted by molar-refractivity contribution is 6.30. The van der Waals surface area contributed by atoms with Crippen molar-refractivity contribution in [1.29, 1.82) is 0 Å². The van der Waals surface area contributed by atoms with Crippen LogP contribution in [0.3, 0.4) is 0 Å². The molecule has 2 aromatic rings. The number of aryl methyl sites for hydroxylation is 2. The third-order valence-corrected chi connectivity index (χ3v) is 4.43. The van der Waals surface area contributed by atoms with E-state index in [2.05, 4.69) is 40.2 Å². The molecule has 0 bridgehead atoms. The number of aromatic nitrogens is 2. The number of hydrogen-bond acceptors (Lipinski definition) is 2. The number of halogens is 1. The number of nitrogens with zero attached hydrogens (tertiary/aromatic N) is 4. The molecule has 0 radical (unpaired) electrons. The first-order valence-electron chi connectivity index (χ1n) is 8.07. The van der Waals surface area contributed by atoms with Crippen molar-refractivity contribution < 1.29 is 0 Å². The van der Waals surface area contributed by atoms with Crippen LogP contribution in [0.4, 0.5) is 0 Å². The number of hydrogen-bond donors (Lipinski definition) is 1. The van der Waals surface area contributed by atoms with Gasteiger partial charge in [-0.15, -0.1) is 0 Å². The molecule has 130 valence electrons. The maximum absolute atomic E-state index is 6.05. The number of nitrogens with one attached hydrogen (secondary N) is 1. The third-order valence-electron chi connectivity index (χ3n) is 4.20. The van der Waals surface area contributed by atoms with Crippen molar-refractivity contribution in [2.45, 2.75) is 26.8 Å². The molecule has 1 N–H and O–H groups in total. The molecule has 2 rings (SSSR count). The van der Waals surface area contributed by atoms with Gasteiger partial charge in [0.25, 0.3) is 0 Å². The predicted molar refractivity (Wildman–Crippen MR) is 101 cm³/mol. The van der Waals surface area contributed by atoms with Crippen LogP contribution < -0.4 is 5.32 Å². The largest absolute Gasteiger partial charge is 0.356 e. The highest BCUT2D eigenvalue weighted by atomic mass is 35.5. The maximum atomic E-state index is 6.05. The molecule has 0 spiro atoms. The van der Waals surface area contributed by atoms with Gasteiger partial charge in [0.1, 0.15) is 0 Å². The molecule has 0 aliphatic heterocycles. The van der Waals surface area contributed by atoms with Gasteiger partial charge in [-0.3, -0.25) is 9.67 Å². The molecule has 0 aliphatic rings. The summed E-state index contributed by atoms with van der Waals surface area (Å²) in [6.45, 7) is 5.74. The van der Waals surface area contributed by atoms with Crippen LogP contribution in [-0.2, 0) is 20.0 Å². The van der Waals surface area contributed by atoms with Gasteiger partial charge in [-0.1, -0.05) is 23.7 Å². The van der Waals surface area contributed by atoms with E-state index in [9.17, 15) is 0 Å². The molecule has 24 heavy (non-hydrogen) atoms. The van der Waals surface area contributed by atoms with E-state index in [1.54, 1.807) is 7.05 Å². The van der Waals surface area contributed by atoms with Gasteiger partial charge in [-0.2, -0.15) is 5.10 Å². The first kappa shape index (κ1) is 18.3. The van der Waals surface area contributed by atoms with Crippen molar-refractivity contribution >= 4 is 17.6 Å². The Hall–Kier alpha value is -2.01. The summed E-state index contributed by atoms with van der Waals surface area (Å²) in [5.41, 5.74) is 4.78. The number of guanidine groups is 1. The van der Waals surface area contributed by atoms with Crippen LogP contribution in [0.1, 0.15) is 22.5 Å².